The molecule has 0 heterocycles. The number of hydrogen-bond acceptors (Lipinski definition) is 1. The summed E-state index contributed by atoms with van der Waals surface area (Å²) in [6.07, 6.45) is 8.45. The van der Waals surface area contributed by atoms with Crippen molar-refractivity contribution in [3.05, 3.63) is 48.6 Å². The Morgan fingerprint density at radius 2 is 1.90 bits per heavy atom. The van der Waals surface area contributed by atoms with Gasteiger partial charge in [0, 0.05) is 5.92 Å². The second-order valence-corrected chi connectivity index (χ2v) is 5.83. The van der Waals surface area contributed by atoms with Crippen LogP contribution in [0.1, 0.15) is 50.0 Å². The molecule has 2 unspecified atom stereocenters. The molecule has 20 heavy (non-hydrogen) atoms. The number of carbonyl (C=O) groups is 1. The molecule has 1 N–H and O–H groups in total. The highest BCUT2D eigenvalue weighted by atomic mass is 16.4. The lowest BCUT2D eigenvalue weighted by atomic mass is 9.71. The average molecular weight is 272 g/mol. The minimum atomic E-state index is -0.721. The van der Waals surface area contributed by atoms with Gasteiger partial charge in [0.2, 0.25) is 0 Å². The van der Waals surface area contributed by atoms with Crippen molar-refractivity contribution in [2.24, 2.45) is 11.8 Å². The first kappa shape index (κ1) is 14.8. The standard InChI is InChI=1S/C18H24O2/c1-2-16(14-9-5-3-6-10-14)17(13-18(19)20)15-11-7-4-8-12-15/h2,4,7-8,11-12,14,16-17H,1,3,5-6,9-10,13H2,(H,19,20). The van der Waals surface area contributed by atoms with Crippen LogP contribution in [0.3, 0.4) is 0 Å². The summed E-state index contributed by atoms with van der Waals surface area (Å²) in [6, 6.07) is 10.1. The Bertz CT molecular complexity index is 432. The van der Waals surface area contributed by atoms with Crippen LogP contribution in [-0.2, 0) is 4.79 Å². The minimum absolute atomic E-state index is 0.0503. The largest absolute Gasteiger partial charge is 0.481 e. The van der Waals surface area contributed by atoms with E-state index in [0.717, 1.165) is 5.56 Å². The molecule has 2 heteroatoms. The predicted molar refractivity (Wildman–Crippen MR) is 81.7 cm³/mol. The number of allylic oxidation sites excluding steroid dienone is 1. The third kappa shape index (κ3) is 3.72. The highest BCUT2D eigenvalue weighted by molar-refractivity contribution is 5.68. The predicted octanol–water partition coefficient (Wildman–Crippen LogP) is 4.63. The van der Waals surface area contributed by atoms with Gasteiger partial charge < -0.3 is 5.11 Å². The van der Waals surface area contributed by atoms with E-state index in [-0.39, 0.29) is 18.3 Å². The summed E-state index contributed by atoms with van der Waals surface area (Å²) >= 11 is 0. The number of benzene rings is 1. The van der Waals surface area contributed by atoms with E-state index in [4.69, 9.17) is 0 Å². The first-order valence-corrected chi connectivity index (χ1v) is 7.61. The van der Waals surface area contributed by atoms with Crippen molar-refractivity contribution < 1.29 is 9.90 Å². The van der Waals surface area contributed by atoms with Crippen molar-refractivity contribution in [3.8, 4) is 0 Å². The van der Waals surface area contributed by atoms with E-state index in [1.165, 1.54) is 32.1 Å². The molecule has 1 saturated carbocycles. The van der Waals surface area contributed by atoms with Gasteiger partial charge in [0.1, 0.15) is 0 Å². The van der Waals surface area contributed by atoms with Crippen molar-refractivity contribution in [2.75, 3.05) is 0 Å². The first-order valence-electron chi connectivity index (χ1n) is 7.61. The highest BCUT2D eigenvalue weighted by Crippen LogP contribution is 2.40. The second-order valence-electron chi connectivity index (χ2n) is 5.83. The fourth-order valence-electron chi connectivity index (χ4n) is 3.57. The summed E-state index contributed by atoms with van der Waals surface area (Å²) < 4.78 is 0. The van der Waals surface area contributed by atoms with Crippen LogP contribution in [0.2, 0.25) is 0 Å². The quantitative estimate of drug-likeness (QED) is 0.767. The van der Waals surface area contributed by atoms with Crippen LogP contribution in [0.15, 0.2) is 43.0 Å². The average Bonchev–Trinajstić information content (AvgIpc) is 2.49. The van der Waals surface area contributed by atoms with Crippen molar-refractivity contribution in [3.63, 3.8) is 0 Å². The molecule has 0 radical (unpaired) electrons. The van der Waals surface area contributed by atoms with Crippen LogP contribution < -0.4 is 0 Å². The molecule has 1 aromatic rings. The second kappa shape index (κ2) is 7.28. The Balaban J connectivity index is 2.23. The molecule has 1 aromatic carbocycles. The molecule has 1 aliphatic rings. The summed E-state index contributed by atoms with van der Waals surface area (Å²) in [7, 11) is 0. The molecule has 2 nitrogen and oxygen atoms in total. The van der Waals surface area contributed by atoms with Crippen LogP contribution in [0.5, 0.6) is 0 Å². The zero-order valence-electron chi connectivity index (χ0n) is 12.0. The van der Waals surface area contributed by atoms with Gasteiger partial charge in [0.05, 0.1) is 6.42 Å². The highest BCUT2D eigenvalue weighted by Gasteiger charge is 2.30. The maximum atomic E-state index is 11.3. The van der Waals surface area contributed by atoms with Crippen molar-refractivity contribution in [2.45, 2.75) is 44.4 Å². The lowest BCUT2D eigenvalue weighted by molar-refractivity contribution is -0.137. The van der Waals surface area contributed by atoms with Crippen LogP contribution in [0.4, 0.5) is 0 Å². The SMILES string of the molecule is C=CC(C1CCCCC1)C(CC(=O)O)c1ccccc1. The van der Waals surface area contributed by atoms with E-state index in [1.54, 1.807) is 0 Å². The molecule has 0 bridgehead atoms. The van der Waals surface area contributed by atoms with Gasteiger partial charge in [-0.25, -0.2) is 0 Å². The molecule has 0 spiro atoms. The molecular weight excluding hydrogens is 248 g/mol. The summed E-state index contributed by atoms with van der Waals surface area (Å²) in [4.78, 5) is 11.3. The lowest BCUT2D eigenvalue weighted by Crippen LogP contribution is -2.24. The van der Waals surface area contributed by atoms with Crippen molar-refractivity contribution in [1.29, 1.82) is 0 Å². The number of rotatable bonds is 6. The van der Waals surface area contributed by atoms with Crippen molar-refractivity contribution in [1.82, 2.24) is 0 Å². The van der Waals surface area contributed by atoms with Crippen LogP contribution >= 0.6 is 0 Å². The molecule has 108 valence electrons. The molecule has 0 aromatic heterocycles. The van der Waals surface area contributed by atoms with Gasteiger partial charge in [0.15, 0.2) is 0 Å². The smallest absolute Gasteiger partial charge is 0.303 e. The van der Waals surface area contributed by atoms with E-state index in [2.05, 4.69) is 6.58 Å². The molecular formula is C18H24O2. The zero-order valence-corrected chi connectivity index (χ0v) is 12.0. The maximum Gasteiger partial charge on any atom is 0.303 e. The fraction of sp³-hybridized carbons (Fsp3) is 0.500. The van der Waals surface area contributed by atoms with Gasteiger partial charge >= 0.3 is 5.97 Å². The van der Waals surface area contributed by atoms with E-state index >= 15 is 0 Å². The normalized spacial score (nSPS) is 19.2. The fourth-order valence-corrected chi connectivity index (χ4v) is 3.57. The molecule has 0 aliphatic heterocycles. The number of hydrogen-bond donors (Lipinski definition) is 1. The van der Waals surface area contributed by atoms with Crippen LogP contribution in [0.25, 0.3) is 0 Å². The maximum absolute atomic E-state index is 11.3. The molecule has 2 rings (SSSR count). The van der Waals surface area contributed by atoms with Crippen LogP contribution in [-0.4, -0.2) is 11.1 Å². The monoisotopic (exact) mass is 272 g/mol. The van der Waals surface area contributed by atoms with Crippen molar-refractivity contribution >= 4 is 5.97 Å². The van der Waals surface area contributed by atoms with Crippen LogP contribution in [0, 0.1) is 11.8 Å². The van der Waals surface area contributed by atoms with Gasteiger partial charge in [0.25, 0.3) is 0 Å². The summed E-state index contributed by atoms with van der Waals surface area (Å²) in [5.41, 5.74) is 1.13. The lowest BCUT2D eigenvalue weighted by Gasteiger charge is -2.33. The molecule has 1 aliphatic carbocycles. The minimum Gasteiger partial charge on any atom is -0.481 e. The van der Waals surface area contributed by atoms with Gasteiger partial charge in [-0.05, 0) is 30.2 Å². The Kier molecular flexibility index (Phi) is 5.40. The van der Waals surface area contributed by atoms with E-state index < -0.39 is 5.97 Å². The Labute approximate surface area is 121 Å². The zero-order chi connectivity index (χ0) is 14.4. The Morgan fingerprint density at radius 3 is 2.45 bits per heavy atom. The van der Waals surface area contributed by atoms with Gasteiger partial charge in [-0.2, -0.15) is 0 Å². The number of carboxylic acids is 1. The molecule has 1 fully saturated rings. The molecule has 0 amide bonds. The van der Waals surface area contributed by atoms with Gasteiger partial charge in [-0.1, -0.05) is 55.7 Å². The van der Waals surface area contributed by atoms with E-state index in [1.807, 2.05) is 36.4 Å². The summed E-state index contributed by atoms with van der Waals surface area (Å²) in [5.74, 6) is 0.190. The molecule has 2 atom stereocenters. The summed E-state index contributed by atoms with van der Waals surface area (Å²) in [6.45, 7) is 4.00. The molecule has 0 saturated heterocycles. The third-order valence-electron chi connectivity index (χ3n) is 4.55. The number of aliphatic carboxylic acids is 1. The first-order chi connectivity index (χ1) is 9.72. The Morgan fingerprint density at radius 1 is 1.25 bits per heavy atom. The number of carboxylic acid groups (broad SMARTS) is 1. The van der Waals surface area contributed by atoms with Gasteiger partial charge in [-0.3, -0.25) is 4.79 Å². The third-order valence-corrected chi connectivity index (χ3v) is 4.55. The van der Waals surface area contributed by atoms with E-state index in [9.17, 15) is 9.90 Å². The van der Waals surface area contributed by atoms with Gasteiger partial charge in [-0.15, -0.1) is 6.58 Å². The topological polar surface area (TPSA) is 37.3 Å². The summed E-state index contributed by atoms with van der Waals surface area (Å²) in [5, 5.41) is 9.25. The Hall–Kier alpha value is -1.57. The van der Waals surface area contributed by atoms with E-state index in [0.29, 0.717) is 5.92 Å².